The second kappa shape index (κ2) is 9.44. The van der Waals surface area contributed by atoms with E-state index in [1.807, 2.05) is 47.8 Å². The van der Waals surface area contributed by atoms with Crippen LogP contribution in [0, 0.1) is 0 Å². The number of para-hydroxylation sites is 1. The zero-order valence-corrected chi connectivity index (χ0v) is 20.3. The highest BCUT2D eigenvalue weighted by Crippen LogP contribution is 2.32. The molecule has 0 atom stereocenters. The van der Waals surface area contributed by atoms with Gasteiger partial charge in [0.2, 0.25) is 0 Å². The molecule has 0 aliphatic rings. The molecule has 0 saturated carbocycles. The molecule has 0 bridgehead atoms. The number of fused-ring (bicyclic) bond motifs is 2. The Morgan fingerprint density at radius 2 is 2.03 bits per heavy atom. The first-order valence-electron chi connectivity index (χ1n) is 11.1. The standard InChI is InChI=1S/C27H23N3O2S2/c1-3-13-30-26(32)23-21(18-9-6-5-7-10-18)15-33-25(23)29-27(30)34-16-22(31)20-14-28-24-17(4-2)11-8-12-19(20)24/h3,5-12,14-15,28H,1,4,13,16H2,2H3. The first-order valence-corrected chi connectivity index (χ1v) is 12.9. The summed E-state index contributed by atoms with van der Waals surface area (Å²) in [4.78, 5) is 35.3. The number of nitrogens with zero attached hydrogens (tertiary/aromatic N) is 2. The van der Waals surface area contributed by atoms with Crippen LogP contribution in [-0.4, -0.2) is 26.1 Å². The summed E-state index contributed by atoms with van der Waals surface area (Å²) in [6.45, 7) is 6.23. The smallest absolute Gasteiger partial charge is 0.263 e. The maximum absolute atomic E-state index is 13.5. The molecule has 0 unspecified atom stereocenters. The predicted octanol–water partition coefficient (Wildman–Crippen LogP) is 6.33. The Balaban J connectivity index is 1.49. The lowest BCUT2D eigenvalue weighted by Crippen LogP contribution is -2.23. The molecule has 7 heteroatoms. The first-order chi connectivity index (χ1) is 16.6. The van der Waals surface area contributed by atoms with Crippen molar-refractivity contribution < 1.29 is 4.79 Å². The lowest BCUT2D eigenvalue weighted by Gasteiger charge is -2.10. The lowest BCUT2D eigenvalue weighted by atomic mass is 10.1. The van der Waals surface area contributed by atoms with Gasteiger partial charge in [-0.05, 0) is 17.5 Å². The molecule has 3 aromatic heterocycles. The number of H-pyrrole nitrogens is 1. The Morgan fingerprint density at radius 1 is 1.21 bits per heavy atom. The molecule has 2 aromatic carbocycles. The van der Waals surface area contributed by atoms with Gasteiger partial charge in [0.15, 0.2) is 10.9 Å². The van der Waals surface area contributed by atoms with Gasteiger partial charge in [-0.25, -0.2) is 4.98 Å². The molecule has 34 heavy (non-hydrogen) atoms. The Hall–Kier alpha value is -3.42. The van der Waals surface area contributed by atoms with Crippen molar-refractivity contribution in [3.8, 4) is 11.1 Å². The summed E-state index contributed by atoms with van der Waals surface area (Å²) < 4.78 is 1.61. The highest BCUT2D eigenvalue weighted by Gasteiger charge is 2.19. The van der Waals surface area contributed by atoms with Crippen LogP contribution in [0.3, 0.4) is 0 Å². The van der Waals surface area contributed by atoms with Crippen LogP contribution in [0.5, 0.6) is 0 Å². The van der Waals surface area contributed by atoms with E-state index in [4.69, 9.17) is 4.98 Å². The fourth-order valence-corrected chi connectivity index (χ4v) is 6.07. The van der Waals surface area contributed by atoms with Gasteiger partial charge in [-0.2, -0.15) is 0 Å². The molecule has 0 fully saturated rings. The fraction of sp³-hybridized carbons (Fsp3) is 0.148. The number of Topliss-reactive ketones (excluding diaryl/α,β-unsaturated/α-hetero) is 1. The number of aryl methyl sites for hydroxylation is 1. The largest absolute Gasteiger partial charge is 0.360 e. The van der Waals surface area contributed by atoms with Crippen molar-refractivity contribution in [3.63, 3.8) is 0 Å². The van der Waals surface area contributed by atoms with Crippen molar-refractivity contribution >= 4 is 50.0 Å². The number of aromatic nitrogens is 3. The van der Waals surface area contributed by atoms with Crippen LogP contribution < -0.4 is 5.56 Å². The second-order valence-electron chi connectivity index (χ2n) is 7.90. The molecular weight excluding hydrogens is 462 g/mol. The van der Waals surface area contributed by atoms with Gasteiger partial charge in [0.25, 0.3) is 5.56 Å². The van der Waals surface area contributed by atoms with Gasteiger partial charge in [0, 0.05) is 40.2 Å². The Labute approximate surface area is 205 Å². The van der Waals surface area contributed by atoms with Crippen LogP contribution in [0.25, 0.3) is 32.2 Å². The van der Waals surface area contributed by atoms with E-state index in [-0.39, 0.29) is 17.1 Å². The second-order valence-corrected chi connectivity index (χ2v) is 9.70. The molecule has 5 aromatic rings. The zero-order chi connectivity index (χ0) is 23.7. The van der Waals surface area contributed by atoms with E-state index in [0.717, 1.165) is 28.5 Å². The zero-order valence-electron chi connectivity index (χ0n) is 18.7. The van der Waals surface area contributed by atoms with Gasteiger partial charge in [-0.1, -0.05) is 73.3 Å². The molecule has 0 amide bonds. The number of aromatic amines is 1. The molecule has 170 valence electrons. The van der Waals surface area contributed by atoms with Gasteiger partial charge in [0.05, 0.1) is 11.1 Å². The maximum atomic E-state index is 13.5. The van der Waals surface area contributed by atoms with Crippen LogP contribution in [0.4, 0.5) is 0 Å². The number of nitrogens with one attached hydrogen (secondary N) is 1. The van der Waals surface area contributed by atoms with E-state index in [9.17, 15) is 9.59 Å². The number of allylic oxidation sites excluding steroid dienone is 1. The fourth-order valence-electron chi connectivity index (χ4n) is 4.19. The van der Waals surface area contributed by atoms with Gasteiger partial charge in [-0.15, -0.1) is 17.9 Å². The Kier molecular flexibility index (Phi) is 6.22. The maximum Gasteiger partial charge on any atom is 0.263 e. The first kappa shape index (κ1) is 22.4. The number of hydrogen-bond donors (Lipinski definition) is 1. The van der Waals surface area contributed by atoms with Crippen LogP contribution in [-0.2, 0) is 13.0 Å². The number of benzene rings is 2. The average molecular weight is 486 g/mol. The van der Waals surface area contributed by atoms with Gasteiger partial charge in [-0.3, -0.25) is 14.2 Å². The van der Waals surface area contributed by atoms with E-state index < -0.39 is 0 Å². The average Bonchev–Trinajstić information content (AvgIpc) is 3.50. The molecule has 0 spiro atoms. The van der Waals surface area contributed by atoms with Crippen LogP contribution in [0.1, 0.15) is 22.8 Å². The summed E-state index contributed by atoms with van der Waals surface area (Å²) in [5, 5.41) is 4.05. The molecule has 1 N–H and O–H groups in total. The van der Waals surface area contributed by atoms with Crippen LogP contribution >= 0.6 is 23.1 Å². The molecule has 0 radical (unpaired) electrons. The third kappa shape index (κ3) is 3.91. The van der Waals surface area contributed by atoms with Crippen molar-refractivity contribution in [2.45, 2.75) is 25.0 Å². The van der Waals surface area contributed by atoms with Gasteiger partial charge >= 0.3 is 0 Å². The van der Waals surface area contributed by atoms with Crippen LogP contribution in [0.15, 0.2) is 82.7 Å². The summed E-state index contributed by atoms with van der Waals surface area (Å²) >= 11 is 2.74. The van der Waals surface area contributed by atoms with E-state index in [2.05, 4.69) is 24.6 Å². The lowest BCUT2D eigenvalue weighted by molar-refractivity contribution is 0.102. The van der Waals surface area contributed by atoms with Gasteiger partial charge < -0.3 is 4.98 Å². The molecule has 5 nitrogen and oxygen atoms in total. The predicted molar refractivity (Wildman–Crippen MR) is 142 cm³/mol. The summed E-state index contributed by atoms with van der Waals surface area (Å²) in [5.41, 5.74) is 4.61. The topological polar surface area (TPSA) is 67.8 Å². The Morgan fingerprint density at radius 3 is 2.79 bits per heavy atom. The number of ketones is 1. The SMILES string of the molecule is C=CCn1c(SCC(=O)c2c[nH]c3c(CC)cccc23)nc2scc(-c3ccccc3)c2c1=O. The minimum atomic E-state index is -0.111. The highest BCUT2D eigenvalue weighted by atomic mass is 32.2. The Bertz CT molecular complexity index is 1580. The van der Waals surface area contributed by atoms with Crippen molar-refractivity contribution in [1.82, 2.24) is 14.5 Å². The number of rotatable bonds is 8. The third-order valence-corrected chi connectivity index (χ3v) is 7.72. The monoisotopic (exact) mass is 485 g/mol. The molecule has 3 heterocycles. The number of thioether (sulfide) groups is 1. The number of thiophene rings is 1. The summed E-state index contributed by atoms with van der Waals surface area (Å²) in [5.74, 6) is 0.190. The van der Waals surface area contributed by atoms with E-state index >= 15 is 0 Å². The molecule has 5 rings (SSSR count). The normalized spacial score (nSPS) is 11.3. The van der Waals surface area contributed by atoms with E-state index in [0.29, 0.717) is 27.5 Å². The molecule has 0 saturated heterocycles. The van der Waals surface area contributed by atoms with Crippen molar-refractivity contribution in [2.24, 2.45) is 0 Å². The van der Waals surface area contributed by atoms with Crippen molar-refractivity contribution in [1.29, 1.82) is 0 Å². The third-order valence-electron chi connectivity index (χ3n) is 5.87. The summed E-state index contributed by atoms with van der Waals surface area (Å²) in [6, 6.07) is 15.9. The molecule has 0 aliphatic heterocycles. The number of carbonyl (C=O) groups is 1. The quantitative estimate of drug-likeness (QED) is 0.121. The minimum Gasteiger partial charge on any atom is -0.360 e. The number of hydrogen-bond acceptors (Lipinski definition) is 5. The number of carbonyl (C=O) groups excluding carboxylic acids is 1. The van der Waals surface area contributed by atoms with E-state index in [1.54, 1.807) is 16.8 Å². The molecular formula is C27H23N3O2S2. The van der Waals surface area contributed by atoms with Gasteiger partial charge in [0.1, 0.15) is 4.83 Å². The molecule has 0 aliphatic carbocycles. The minimum absolute atomic E-state index is 0.000145. The van der Waals surface area contributed by atoms with Crippen molar-refractivity contribution in [2.75, 3.05) is 5.75 Å². The highest BCUT2D eigenvalue weighted by molar-refractivity contribution is 7.99. The van der Waals surface area contributed by atoms with Crippen molar-refractivity contribution in [3.05, 3.63) is 94.2 Å². The summed E-state index contributed by atoms with van der Waals surface area (Å²) in [7, 11) is 0. The van der Waals surface area contributed by atoms with E-state index in [1.165, 1.54) is 28.7 Å². The summed E-state index contributed by atoms with van der Waals surface area (Å²) in [6.07, 6.45) is 4.36. The van der Waals surface area contributed by atoms with Crippen LogP contribution in [0.2, 0.25) is 0 Å².